The SMILES string of the molecule is C1Cc2nc(C34CC5CC(CC(C5)C3)C4)[nH]c2CN1. The molecule has 0 unspecified atom stereocenters. The van der Waals surface area contributed by atoms with Gasteiger partial charge in [0, 0.05) is 24.9 Å². The second kappa shape index (κ2) is 3.63. The second-order valence-electron chi connectivity index (χ2n) is 7.64. The van der Waals surface area contributed by atoms with Crippen LogP contribution in [0.1, 0.15) is 55.7 Å². The van der Waals surface area contributed by atoms with Gasteiger partial charge in [-0.05, 0) is 56.3 Å². The Bertz CT molecular complexity index is 457. The van der Waals surface area contributed by atoms with Crippen LogP contribution in [0.4, 0.5) is 0 Å². The van der Waals surface area contributed by atoms with Crippen molar-refractivity contribution in [1.82, 2.24) is 15.3 Å². The molecule has 6 rings (SSSR count). The highest BCUT2D eigenvalue weighted by atomic mass is 15.0. The lowest BCUT2D eigenvalue weighted by molar-refractivity contribution is -0.00908. The number of hydrogen-bond acceptors (Lipinski definition) is 2. The van der Waals surface area contributed by atoms with Crippen molar-refractivity contribution in [1.29, 1.82) is 0 Å². The molecule has 102 valence electrons. The van der Waals surface area contributed by atoms with Gasteiger partial charge in [-0.2, -0.15) is 0 Å². The monoisotopic (exact) mass is 257 g/mol. The smallest absolute Gasteiger partial charge is 0.112 e. The predicted octanol–water partition coefficient (Wildman–Crippen LogP) is 2.52. The molecule has 3 heteroatoms. The lowest BCUT2D eigenvalue weighted by atomic mass is 9.49. The van der Waals surface area contributed by atoms with Gasteiger partial charge in [0.15, 0.2) is 0 Å². The first kappa shape index (κ1) is 10.9. The Morgan fingerprint density at radius 2 is 1.68 bits per heavy atom. The molecular weight excluding hydrogens is 234 g/mol. The number of H-pyrrole nitrogens is 1. The Morgan fingerprint density at radius 1 is 1.00 bits per heavy atom. The van der Waals surface area contributed by atoms with Crippen molar-refractivity contribution in [2.45, 2.75) is 56.9 Å². The third-order valence-corrected chi connectivity index (χ3v) is 6.25. The van der Waals surface area contributed by atoms with Crippen molar-refractivity contribution in [2.75, 3.05) is 6.54 Å². The molecule has 19 heavy (non-hydrogen) atoms. The highest BCUT2D eigenvalue weighted by Gasteiger charge is 2.53. The molecule has 2 heterocycles. The molecule has 0 radical (unpaired) electrons. The molecule has 1 aromatic rings. The number of nitrogens with zero attached hydrogens (tertiary/aromatic N) is 1. The molecule has 0 spiro atoms. The average molecular weight is 257 g/mol. The van der Waals surface area contributed by atoms with Gasteiger partial charge in [-0.25, -0.2) is 4.98 Å². The average Bonchev–Trinajstić information content (AvgIpc) is 2.81. The van der Waals surface area contributed by atoms with Crippen molar-refractivity contribution < 1.29 is 0 Å². The summed E-state index contributed by atoms with van der Waals surface area (Å²) in [5.41, 5.74) is 3.16. The zero-order valence-corrected chi connectivity index (χ0v) is 11.5. The Morgan fingerprint density at radius 3 is 2.32 bits per heavy atom. The first-order valence-corrected chi connectivity index (χ1v) is 8.10. The maximum absolute atomic E-state index is 5.05. The zero-order valence-electron chi connectivity index (χ0n) is 11.5. The molecule has 4 saturated carbocycles. The van der Waals surface area contributed by atoms with Crippen LogP contribution in [-0.4, -0.2) is 16.5 Å². The number of rotatable bonds is 1. The van der Waals surface area contributed by atoms with Gasteiger partial charge in [-0.15, -0.1) is 0 Å². The number of nitrogens with one attached hydrogen (secondary N) is 2. The largest absolute Gasteiger partial charge is 0.344 e. The minimum atomic E-state index is 0.437. The van der Waals surface area contributed by atoms with Gasteiger partial charge >= 0.3 is 0 Å². The summed E-state index contributed by atoms with van der Waals surface area (Å²) in [5, 5.41) is 3.46. The predicted molar refractivity (Wildman–Crippen MR) is 73.8 cm³/mol. The van der Waals surface area contributed by atoms with Gasteiger partial charge in [0.2, 0.25) is 0 Å². The van der Waals surface area contributed by atoms with E-state index in [0.29, 0.717) is 5.41 Å². The van der Waals surface area contributed by atoms with Crippen molar-refractivity contribution >= 4 is 0 Å². The maximum atomic E-state index is 5.05. The standard InChI is InChI=1S/C16H23N3/c1-2-17-9-14-13(1)18-15(19-14)16-6-10-3-11(7-16)5-12(4-10)8-16/h10-12,17H,1-9H2,(H,18,19). The highest BCUT2D eigenvalue weighted by Crippen LogP contribution is 2.60. The Balaban J connectivity index is 1.56. The molecule has 2 N–H and O–H groups in total. The fourth-order valence-electron chi connectivity index (χ4n) is 5.87. The van der Waals surface area contributed by atoms with Gasteiger partial charge in [0.1, 0.15) is 5.82 Å². The maximum Gasteiger partial charge on any atom is 0.112 e. The second-order valence-corrected chi connectivity index (χ2v) is 7.64. The summed E-state index contributed by atoms with van der Waals surface area (Å²) in [5.74, 6) is 4.38. The lowest BCUT2D eigenvalue weighted by Crippen LogP contribution is -2.49. The highest BCUT2D eigenvalue weighted by molar-refractivity contribution is 5.25. The van der Waals surface area contributed by atoms with E-state index in [-0.39, 0.29) is 0 Å². The van der Waals surface area contributed by atoms with Crippen LogP contribution in [0.3, 0.4) is 0 Å². The van der Waals surface area contributed by atoms with Crippen LogP contribution in [0.5, 0.6) is 0 Å². The summed E-state index contributed by atoms with van der Waals surface area (Å²) in [4.78, 5) is 8.76. The number of imidazole rings is 1. The van der Waals surface area contributed by atoms with Crippen LogP contribution in [0.2, 0.25) is 0 Å². The molecule has 0 saturated heterocycles. The molecular formula is C16H23N3. The zero-order chi connectivity index (χ0) is 12.4. The third-order valence-electron chi connectivity index (χ3n) is 6.25. The van der Waals surface area contributed by atoms with E-state index in [0.717, 1.165) is 37.3 Å². The first-order chi connectivity index (χ1) is 9.31. The first-order valence-electron chi connectivity index (χ1n) is 8.10. The van der Waals surface area contributed by atoms with Gasteiger partial charge in [0.05, 0.1) is 11.4 Å². The molecule has 0 atom stereocenters. The Labute approximate surface area is 114 Å². The van der Waals surface area contributed by atoms with Crippen LogP contribution < -0.4 is 5.32 Å². The molecule has 0 aromatic carbocycles. The number of aromatic nitrogens is 2. The van der Waals surface area contributed by atoms with Gasteiger partial charge < -0.3 is 10.3 Å². The van der Waals surface area contributed by atoms with Crippen LogP contribution >= 0.6 is 0 Å². The summed E-state index contributed by atoms with van der Waals surface area (Å²) in [6.45, 7) is 2.09. The molecule has 5 aliphatic rings. The molecule has 4 bridgehead atoms. The summed E-state index contributed by atoms with van der Waals surface area (Å²) in [7, 11) is 0. The normalized spacial score (nSPS) is 43.5. The van der Waals surface area contributed by atoms with E-state index in [1.807, 2.05) is 0 Å². The van der Waals surface area contributed by atoms with E-state index in [4.69, 9.17) is 4.98 Å². The Kier molecular flexibility index (Phi) is 2.08. The number of hydrogen-bond donors (Lipinski definition) is 2. The van der Waals surface area contributed by atoms with Crippen molar-refractivity contribution in [3.63, 3.8) is 0 Å². The topological polar surface area (TPSA) is 40.7 Å². The minimum Gasteiger partial charge on any atom is -0.344 e. The van der Waals surface area contributed by atoms with Crippen LogP contribution in [0.25, 0.3) is 0 Å². The quantitative estimate of drug-likeness (QED) is 0.811. The van der Waals surface area contributed by atoms with Crippen molar-refractivity contribution in [2.24, 2.45) is 17.8 Å². The van der Waals surface area contributed by atoms with E-state index in [1.54, 1.807) is 0 Å². The number of aromatic amines is 1. The van der Waals surface area contributed by atoms with Gasteiger partial charge in [-0.1, -0.05) is 0 Å². The summed E-state index contributed by atoms with van der Waals surface area (Å²) in [6, 6.07) is 0. The fraction of sp³-hybridized carbons (Fsp3) is 0.812. The van der Waals surface area contributed by atoms with E-state index < -0.39 is 0 Å². The van der Waals surface area contributed by atoms with E-state index in [2.05, 4.69) is 10.3 Å². The molecule has 4 aliphatic carbocycles. The van der Waals surface area contributed by atoms with Gasteiger partial charge in [0.25, 0.3) is 0 Å². The fourth-order valence-corrected chi connectivity index (χ4v) is 5.87. The van der Waals surface area contributed by atoms with Crippen molar-refractivity contribution in [3.05, 3.63) is 17.2 Å². The van der Waals surface area contributed by atoms with Crippen LogP contribution in [0.15, 0.2) is 0 Å². The van der Waals surface area contributed by atoms with E-state index >= 15 is 0 Å². The molecule has 4 fully saturated rings. The molecule has 0 amide bonds. The molecule has 1 aliphatic heterocycles. The Hall–Kier alpha value is -0.830. The van der Waals surface area contributed by atoms with Crippen molar-refractivity contribution in [3.8, 4) is 0 Å². The number of fused-ring (bicyclic) bond motifs is 1. The molecule has 1 aromatic heterocycles. The van der Waals surface area contributed by atoms with E-state index in [9.17, 15) is 0 Å². The summed E-state index contributed by atoms with van der Waals surface area (Å²) in [6.07, 6.45) is 9.90. The molecule has 3 nitrogen and oxygen atoms in total. The summed E-state index contributed by atoms with van der Waals surface area (Å²) >= 11 is 0. The van der Waals surface area contributed by atoms with Crippen LogP contribution in [-0.2, 0) is 18.4 Å². The third kappa shape index (κ3) is 1.51. The lowest BCUT2D eigenvalue weighted by Gasteiger charge is -2.56. The summed E-state index contributed by atoms with van der Waals surface area (Å²) < 4.78 is 0. The van der Waals surface area contributed by atoms with E-state index in [1.165, 1.54) is 55.7 Å². The van der Waals surface area contributed by atoms with Crippen LogP contribution in [0, 0.1) is 17.8 Å². The minimum absolute atomic E-state index is 0.437. The van der Waals surface area contributed by atoms with Gasteiger partial charge in [-0.3, -0.25) is 0 Å².